The van der Waals surface area contributed by atoms with Crippen molar-refractivity contribution in [3.63, 3.8) is 0 Å². The zero-order chi connectivity index (χ0) is 13.9. The lowest BCUT2D eigenvalue weighted by Gasteiger charge is -2.22. The summed E-state index contributed by atoms with van der Waals surface area (Å²) in [5.74, 6) is -0.668. The molecule has 1 aliphatic rings. The van der Waals surface area contributed by atoms with Gasteiger partial charge >= 0.3 is 5.97 Å². The molecule has 0 saturated carbocycles. The molecule has 2 heterocycles. The summed E-state index contributed by atoms with van der Waals surface area (Å²) in [6, 6.07) is -0.0267. The highest BCUT2D eigenvalue weighted by Gasteiger charge is 2.23. The number of aromatic nitrogens is 3. The van der Waals surface area contributed by atoms with E-state index in [1.807, 2.05) is 0 Å². The van der Waals surface area contributed by atoms with Crippen molar-refractivity contribution in [2.75, 3.05) is 18.1 Å². The van der Waals surface area contributed by atoms with E-state index in [-0.39, 0.29) is 23.2 Å². The fourth-order valence-corrected chi connectivity index (χ4v) is 3.74. The summed E-state index contributed by atoms with van der Waals surface area (Å²) < 4.78 is 24.3. The standard InChI is InChI=1S/C10H16N4O4S/c15-10(16)9-6-14(13-12-9)4-3-11-8-2-1-5-19(17,18)7-8/h6,8,11H,1-5,7H2,(H,15,16). The van der Waals surface area contributed by atoms with Crippen molar-refractivity contribution < 1.29 is 18.3 Å². The van der Waals surface area contributed by atoms with Crippen LogP contribution in [-0.4, -0.2) is 58.6 Å². The van der Waals surface area contributed by atoms with E-state index in [0.717, 1.165) is 6.42 Å². The van der Waals surface area contributed by atoms with Gasteiger partial charge in [0.2, 0.25) is 0 Å². The number of carboxylic acids is 1. The first-order chi connectivity index (χ1) is 8.96. The second-order valence-electron chi connectivity index (χ2n) is 4.58. The van der Waals surface area contributed by atoms with Crippen LogP contribution < -0.4 is 5.32 Å². The molecule has 106 valence electrons. The highest BCUT2D eigenvalue weighted by Crippen LogP contribution is 2.11. The average molecular weight is 288 g/mol. The molecular weight excluding hydrogens is 272 g/mol. The van der Waals surface area contributed by atoms with E-state index in [1.54, 1.807) is 0 Å². The predicted molar refractivity (Wildman–Crippen MR) is 66.7 cm³/mol. The van der Waals surface area contributed by atoms with Crippen LogP contribution in [0.4, 0.5) is 0 Å². The van der Waals surface area contributed by atoms with Gasteiger partial charge < -0.3 is 10.4 Å². The summed E-state index contributed by atoms with van der Waals surface area (Å²) >= 11 is 0. The summed E-state index contributed by atoms with van der Waals surface area (Å²) in [7, 11) is -2.91. The molecule has 8 nitrogen and oxygen atoms in total. The third-order valence-corrected chi connectivity index (χ3v) is 4.82. The minimum Gasteiger partial charge on any atom is -0.476 e. The van der Waals surface area contributed by atoms with E-state index in [2.05, 4.69) is 15.6 Å². The zero-order valence-corrected chi connectivity index (χ0v) is 11.1. The van der Waals surface area contributed by atoms with Crippen LogP contribution >= 0.6 is 0 Å². The lowest BCUT2D eigenvalue weighted by molar-refractivity contribution is 0.0690. The summed E-state index contributed by atoms with van der Waals surface area (Å²) in [5.41, 5.74) is -0.0970. The second kappa shape index (κ2) is 5.66. The van der Waals surface area contributed by atoms with Gasteiger partial charge in [-0.25, -0.2) is 13.2 Å². The summed E-state index contributed by atoms with van der Waals surface area (Å²) in [5, 5.41) is 19.0. The number of rotatable bonds is 5. The van der Waals surface area contributed by atoms with Gasteiger partial charge in [-0.3, -0.25) is 4.68 Å². The quantitative estimate of drug-likeness (QED) is 0.724. The van der Waals surface area contributed by atoms with Crippen molar-refractivity contribution >= 4 is 15.8 Å². The van der Waals surface area contributed by atoms with E-state index in [1.165, 1.54) is 10.9 Å². The van der Waals surface area contributed by atoms with Gasteiger partial charge in [0.1, 0.15) is 0 Å². The lowest BCUT2D eigenvalue weighted by Crippen LogP contribution is -2.41. The molecule has 0 aromatic carbocycles. The Balaban J connectivity index is 1.78. The normalized spacial score (nSPS) is 22.2. The molecule has 0 spiro atoms. The predicted octanol–water partition coefficient (Wildman–Crippen LogP) is -0.857. The Morgan fingerprint density at radius 2 is 2.37 bits per heavy atom. The van der Waals surface area contributed by atoms with Gasteiger partial charge in [0, 0.05) is 12.6 Å². The Morgan fingerprint density at radius 1 is 1.58 bits per heavy atom. The Bertz CT molecular complexity index is 554. The number of carbonyl (C=O) groups is 1. The number of nitrogens with zero attached hydrogens (tertiary/aromatic N) is 3. The number of nitrogens with one attached hydrogen (secondary N) is 1. The molecule has 2 N–H and O–H groups in total. The molecule has 2 rings (SSSR count). The zero-order valence-electron chi connectivity index (χ0n) is 10.3. The van der Waals surface area contributed by atoms with Crippen LogP contribution in [0, 0.1) is 0 Å². The van der Waals surface area contributed by atoms with Gasteiger partial charge in [-0.15, -0.1) is 5.10 Å². The highest BCUT2D eigenvalue weighted by atomic mass is 32.2. The molecule has 9 heteroatoms. The third kappa shape index (κ3) is 4.00. The van der Waals surface area contributed by atoms with E-state index in [9.17, 15) is 13.2 Å². The summed E-state index contributed by atoms with van der Waals surface area (Å²) in [4.78, 5) is 10.6. The molecule has 0 radical (unpaired) electrons. The lowest BCUT2D eigenvalue weighted by atomic mass is 10.2. The molecule has 0 bridgehead atoms. The number of carboxylic acid groups (broad SMARTS) is 1. The van der Waals surface area contributed by atoms with Crippen molar-refractivity contribution in [2.24, 2.45) is 0 Å². The van der Waals surface area contributed by atoms with Crippen molar-refractivity contribution in [1.82, 2.24) is 20.3 Å². The van der Waals surface area contributed by atoms with Crippen LogP contribution in [0.5, 0.6) is 0 Å². The first kappa shape index (κ1) is 13.9. The topological polar surface area (TPSA) is 114 Å². The Labute approximate surface area is 110 Å². The maximum Gasteiger partial charge on any atom is 0.358 e. The maximum absolute atomic E-state index is 11.4. The largest absolute Gasteiger partial charge is 0.476 e. The van der Waals surface area contributed by atoms with Crippen molar-refractivity contribution in [1.29, 1.82) is 0 Å². The molecule has 1 fully saturated rings. The molecule has 19 heavy (non-hydrogen) atoms. The fourth-order valence-electron chi connectivity index (χ4n) is 2.07. The Kier molecular flexibility index (Phi) is 4.15. The van der Waals surface area contributed by atoms with Crippen LogP contribution in [0.15, 0.2) is 6.20 Å². The molecule has 1 aromatic heterocycles. The van der Waals surface area contributed by atoms with Crippen molar-refractivity contribution in [2.45, 2.75) is 25.4 Å². The summed E-state index contributed by atoms with van der Waals surface area (Å²) in [6.45, 7) is 0.986. The van der Waals surface area contributed by atoms with Crippen LogP contribution in [-0.2, 0) is 16.4 Å². The van der Waals surface area contributed by atoms with Gasteiger partial charge in [0.25, 0.3) is 0 Å². The monoisotopic (exact) mass is 288 g/mol. The molecule has 1 saturated heterocycles. The molecule has 1 aliphatic heterocycles. The number of sulfone groups is 1. The molecular formula is C10H16N4O4S. The smallest absolute Gasteiger partial charge is 0.358 e. The third-order valence-electron chi connectivity index (χ3n) is 2.99. The minimum absolute atomic E-state index is 0.0267. The van der Waals surface area contributed by atoms with E-state index in [0.29, 0.717) is 19.5 Å². The average Bonchev–Trinajstić information content (AvgIpc) is 2.76. The summed E-state index contributed by atoms with van der Waals surface area (Å²) in [6.07, 6.45) is 2.88. The number of hydrogen-bond acceptors (Lipinski definition) is 6. The van der Waals surface area contributed by atoms with Gasteiger partial charge in [0.15, 0.2) is 15.5 Å². The van der Waals surface area contributed by atoms with E-state index in [4.69, 9.17) is 5.11 Å². The fraction of sp³-hybridized carbons (Fsp3) is 0.700. The van der Waals surface area contributed by atoms with Crippen molar-refractivity contribution in [3.05, 3.63) is 11.9 Å². The molecule has 1 aromatic rings. The van der Waals surface area contributed by atoms with Crippen LogP contribution in [0.25, 0.3) is 0 Å². The second-order valence-corrected chi connectivity index (χ2v) is 6.81. The molecule has 0 amide bonds. The molecule has 1 unspecified atom stereocenters. The van der Waals surface area contributed by atoms with Crippen LogP contribution in [0.1, 0.15) is 23.3 Å². The number of aromatic carboxylic acids is 1. The highest BCUT2D eigenvalue weighted by molar-refractivity contribution is 7.91. The van der Waals surface area contributed by atoms with E-state index < -0.39 is 15.8 Å². The Morgan fingerprint density at radius 3 is 3.00 bits per heavy atom. The van der Waals surface area contributed by atoms with Gasteiger partial charge in [-0.05, 0) is 12.8 Å². The molecule has 0 aliphatic carbocycles. The first-order valence-corrected chi connectivity index (χ1v) is 7.86. The van der Waals surface area contributed by atoms with E-state index >= 15 is 0 Å². The Hall–Kier alpha value is -1.48. The maximum atomic E-state index is 11.4. The molecule has 1 atom stereocenters. The van der Waals surface area contributed by atoms with Crippen molar-refractivity contribution in [3.8, 4) is 0 Å². The van der Waals surface area contributed by atoms with Gasteiger partial charge in [-0.1, -0.05) is 5.21 Å². The van der Waals surface area contributed by atoms with Crippen LogP contribution in [0.3, 0.4) is 0 Å². The SMILES string of the molecule is O=C(O)c1cn(CCNC2CCCS(=O)(=O)C2)nn1. The minimum atomic E-state index is -2.91. The number of hydrogen-bond donors (Lipinski definition) is 2. The van der Waals surface area contributed by atoms with Crippen LogP contribution in [0.2, 0.25) is 0 Å². The first-order valence-electron chi connectivity index (χ1n) is 6.03. The van der Waals surface area contributed by atoms with Gasteiger partial charge in [-0.2, -0.15) is 0 Å². The van der Waals surface area contributed by atoms with Gasteiger partial charge in [0.05, 0.1) is 24.2 Å².